The molecule has 0 radical (unpaired) electrons. The summed E-state index contributed by atoms with van der Waals surface area (Å²) in [5.41, 5.74) is 0. The fourth-order valence-electron chi connectivity index (χ4n) is 2.20. The normalized spacial score (nSPS) is 16.6. The van der Waals surface area contributed by atoms with Gasteiger partial charge in [0.25, 0.3) is 0 Å². The maximum absolute atomic E-state index is 12.3. The number of sulfone groups is 1. The standard InChI is InChI=1S/C15H22N2O4S/c1-11(15(18)17-9-12-7-16-8-12)10-22(19,20)14-5-3-13(21-2)4-6-14/h3-6,11-12,16H,7-10H2,1-2H3,(H,17,18). The summed E-state index contributed by atoms with van der Waals surface area (Å²) in [7, 11) is -1.97. The van der Waals surface area contributed by atoms with Gasteiger partial charge in [0.05, 0.1) is 17.8 Å². The van der Waals surface area contributed by atoms with Crippen LogP contribution >= 0.6 is 0 Å². The molecule has 0 spiro atoms. The van der Waals surface area contributed by atoms with E-state index in [0.717, 1.165) is 13.1 Å². The molecule has 0 bridgehead atoms. The van der Waals surface area contributed by atoms with Crippen LogP contribution < -0.4 is 15.4 Å². The van der Waals surface area contributed by atoms with Crippen molar-refractivity contribution in [3.8, 4) is 5.75 Å². The summed E-state index contributed by atoms with van der Waals surface area (Å²) in [6.07, 6.45) is 0. The van der Waals surface area contributed by atoms with Gasteiger partial charge < -0.3 is 15.4 Å². The zero-order valence-electron chi connectivity index (χ0n) is 12.8. The van der Waals surface area contributed by atoms with Crippen molar-refractivity contribution >= 4 is 15.7 Å². The molecule has 0 aliphatic carbocycles. The lowest BCUT2D eigenvalue weighted by Crippen LogP contribution is -2.49. The maximum atomic E-state index is 12.3. The number of nitrogens with one attached hydrogen (secondary N) is 2. The first-order chi connectivity index (χ1) is 10.4. The topological polar surface area (TPSA) is 84.5 Å². The molecule has 2 N–H and O–H groups in total. The minimum absolute atomic E-state index is 0.200. The van der Waals surface area contributed by atoms with E-state index in [-0.39, 0.29) is 16.6 Å². The van der Waals surface area contributed by atoms with Gasteiger partial charge in [-0.1, -0.05) is 6.92 Å². The molecule has 7 heteroatoms. The minimum atomic E-state index is -3.49. The van der Waals surface area contributed by atoms with Crippen molar-refractivity contribution in [2.75, 3.05) is 32.5 Å². The molecule has 1 atom stereocenters. The number of hydrogen-bond donors (Lipinski definition) is 2. The van der Waals surface area contributed by atoms with Crippen LogP contribution in [0.3, 0.4) is 0 Å². The van der Waals surface area contributed by atoms with E-state index in [2.05, 4.69) is 10.6 Å². The monoisotopic (exact) mass is 326 g/mol. The molecule has 1 unspecified atom stereocenters. The number of amides is 1. The van der Waals surface area contributed by atoms with E-state index >= 15 is 0 Å². The first-order valence-corrected chi connectivity index (χ1v) is 8.93. The Morgan fingerprint density at radius 3 is 2.50 bits per heavy atom. The van der Waals surface area contributed by atoms with Crippen molar-refractivity contribution in [3.05, 3.63) is 24.3 Å². The molecule has 122 valence electrons. The molecule has 1 aromatic rings. The largest absolute Gasteiger partial charge is 0.497 e. The third-order valence-corrected chi connectivity index (χ3v) is 5.70. The Morgan fingerprint density at radius 2 is 2.00 bits per heavy atom. The molecule has 1 aromatic carbocycles. The van der Waals surface area contributed by atoms with Gasteiger partial charge in [-0.05, 0) is 24.3 Å². The molecule has 1 fully saturated rings. The molecule has 1 aliphatic heterocycles. The molecule has 0 aromatic heterocycles. The van der Waals surface area contributed by atoms with Crippen molar-refractivity contribution in [2.45, 2.75) is 11.8 Å². The van der Waals surface area contributed by atoms with Crippen molar-refractivity contribution < 1.29 is 17.9 Å². The Kier molecular flexibility index (Phi) is 5.42. The number of benzene rings is 1. The molecule has 0 saturated carbocycles. The highest BCUT2D eigenvalue weighted by Gasteiger charge is 2.24. The van der Waals surface area contributed by atoms with Crippen molar-refractivity contribution in [1.82, 2.24) is 10.6 Å². The van der Waals surface area contributed by atoms with Gasteiger partial charge in [-0.3, -0.25) is 4.79 Å². The number of rotatable bonds is 7. The van der Waals surface area contributed by atoms with Gasteiger partial charge in [0.2, 0.25) is 5.91 Å². The van der Waals surface area contributed by atoms with E-state index in [9.17, 15) is 13.2 Å². The molecule has 1 aliphatic rings. The van der Waals surface area contributed by atoms with Gasteiger partial charge in [-0.15, -0.1) is 0 Å². The highest BCUT2D eigenvalue weighted by atomic mass is 32.2. The number of methoxy groups -OCH3 is 1. The molecule has 1 saturated heterocycles. The van der Waals surface area contributed by atoms with Gasteiger partial charge in [-0.2, -0.15) is 0 Å². The van der Waals surface area contributed by atoms with Gasteiger partial charge in [0.15, 0.2) is 9.84 Å². The number of carbonyl (C=O) groups excluding carboxylic acids is 1. The lowest BCUT2D eigenvalue weighted by molar-refractivity contribution is -0.124. The smallest absolute Gasteiger partial charge is 0.223 e. The Hall–Kier alpha value is -1.60. The second-order valence-electron chi connectivity index (χ2n) is 5.63. The highest BCUT2D eigenvalue weighted by Crippen LogP contribution is 2.18. The molecular weight excluding hydrogens is 304 g/mol. The van der Waals surface area contributed by atoms with Crippen molar-refractivity contribution in [1.29, 1.82) is 0 Å². The van der Waals surface area contributed by atoms with E-state index in [1.54, 1.807) is 19.1 Å². The second kappa shape index (κ2) is 7.11. The molecule has 22 heavy (non-hydrogen) atoms. The highest BCUT2D eigenvalue weighted by molar-refractivity contribution is 7.91. The van der Waals surface area contributed by atoms with E-state index in [1.807, 2.05) is 0 Å². The Morgan fingerprint density at radius 1 is 1.36 bits per heavy atom. The number of hydrogen-bond acceptors (Lipinski definition) is 5. The van der Waals surface area contributed by atoms with Crippen LogP contribution in [0.1, 0.15) is 6.92 Å². The second-order valence-corrected chi connectivity index (χ2v) is 7.66. The summed E-state index contributed by atoms with van der Waals surface area (Å²) >= 11 is 0. The van der Waals surface area contributed by atoms with Crippen LogP contribution in [0.15, 0.2) is 29.2 Å². The van der Waals surface area contributed by atoms with Crippen molar-refractivity contribution in [2.24, 2.45) is 11.8 Å². The van der Waals surface area contributed by atoms with Crippen LogP contribution in [0.5, 0.6) is 5.75 Å². The molecule has 6 nitrogen and oxygen atoms in total. The van der Waals surface area contributed by atoms with Crippen molar-refractivity contribution in [3.63, 3.8) is 0 Å². The first kappa shape index (κ1) is 16.8. The molecule has 2 rings (SSSR count). The minimum Gasteiger partial charge on any atom is -0.497 e. The van der Waals surface area contributed by atoms with E-state index in [1.165, 1.54) is 19.2 Å². The van der Waals surface area contributed by atoms with E-state index in [4.69, 9.17) is 4.74 Å². The average Bonchev–Trinajstić information content (AvgIpc) is 2.45. The Bertz CT molecular complexity index is 609. The zero-order chi connectivity index (χ0) is 16.2. The average molecular weight is 326 g/mol. The van der Waals surface area contributed by atoms with Crippen LogP contribution in [0.25, 0.3) is 0 Å². The van der Waals surface area contributed by atoms with Gasteiger partial charge in [0.1, 0.15) is 5.75 Å². The van der Waals surface area contributed by atoms with E-state index < -0.39 is 15.8 Å². The third-order valence-electron chi connectivity index (χ3n) is 3.77. The lowest BCUT2D eigenvalue weighted by Gasteiger charge is -2.27. The maximum Gasteiger partial charge on any atom is 0.223 e. The van der Waals surface area contributed by atoms with Gasteiger partial charge in [0, 0.05) is 31.5 Å². The number of ether oxygens (including phenoxy) is 1. The summed E-state index contributed by atoms with van der Waals surface area (Å²) < 4.78 is 29.7. The van der Waals surface area contributed by atoms with Crippen LogP contribution in [0.4, 0.5) is 0 Å². The molecule has 1 heterocycles. The van der Waals surface area contributed by atoms with Crippen LogP contribution in [0.2, 0.25) is 0 Å². The predicted molar refractivity (Wildman–Crippen MR) is 83.6 cm³/mol. The summed E-state index contributed by atoms with van der Waals surface area (Å²) in [5.74, 6) is 0.0472. The van der Waals surface area contributed by atoms with Crippen LogP contribution in [-0.2, 0) is 14.6 Å². The SMILES string of the molecule is COc1ccc(S(=O)(=O)CC(C)C(=O)NCC2CNC2)cc1. The summed E-state index contributed by atoms with van der Waals surface area (Å²) in [4.78, 5) is 12.2. The molecular formula is C15H22N2O4S. The predicted octanol–water partition coefficient (Wildman–Crippen LogP) is 0.441. The first-order valence-electron chi connectivity index (χ1n) is 7.27. The van der Waals surface area contributed by atoms with Gasteiger partial charge in [-0.25, -0.2) is 8.42 Å². The fourth-order valence-corrected chi connectivity index (χ4v) is 3.75. The lowest BCUT2D eigenvalue weighted by atomic mass is 10.0. The van der Waals surface area contributed by atoms with Crippen LogP contribution in [-0.4, -0.2) is 46.8 Å². The van der Waals surface area contributed by atoms with Gasteiger partial charge >= 0.3 is 0 Å². The Labute approximate surface area is 131 Å². The van der Waals surface area contributed by atoms with E-state index in [0.29, 0.717) is 18.2 Å². The molecule has 1 amide bonds. The summed E-state index contributed by atoms with van der Waals surface area (Å²) in [6.45, 7) is 4.03. The quantitative estimate of drug-likeness (QED) is 0.759. The summed E-state index contributed by atoms with van der Waals surface area (Å²) in [5, 5.41) is 5.94. The summed E-state index contributed by atoms with van der Waals surface area (Å²) in [6, 6.07) is 6.19. The third kappa shape index (κ3) is 4.20. The number of carbonyl (C=O) groups is 1. The van der Waals surface area contributed by atoms with Crippen LogP contribution in [0, 0.1) is 11.8 Å². The fraction of sp³-hybridized carbons (Fsp3) is 0.533. The Balaban J connectivity index is 1.92. The zero-order valence-corrected chi connectivity index (χ0v) is 13.7.